The molecule has 106 valence electrons. The van der Waals surface area contributed by atoms with E-state index in [1.54, 1.807) is 12.1 Å². The van der Waals surface area contributed by atoms with Gasteiger partial charge in [-0.1, -0.05) is 43.9 Å². The molecule has 0 unspecified atom stereocenters. The average Bonchev–Trinajstić information content (AvgIpc) is 2.69. The molecular weight excluding hydrogens is 241 g/mol. The van der Waals surface area contributed by atoms with Gasteiger partial charge in [-0.15, -0.1) is 0 Å². The monoisotopic (exact) mass is 265 g/mol. The Kier molecular flexibility index (Phi) is 6.31. The van der Waals surface area contributed by atoms with Crippen molar-refractivity contribution in [2.24, 2.45) is 0 Å². The molecule has 0 spiro atoms. The molecule has 0 atom stereocenters. The Morgan fingerprint density at radius 3 is 2.58 bits per heavy atom. The first-order chi connectivity index (χ1) is 9.36. The molecule has 0 saturated heterocycles. The van der Waals surface area contributed by atoms with Crippen molar-refractivity contribution in [3.05, 3.63) is 35.6 Å². The first-order valence-corrected chi connectivity index (χ1v) is 7.41. The molecule has 2 rings (SSSR count). The second-order valence-corrected chi connectivity index (χ2v) is 5.29. The molecule has 1 saturated carbocycles. The molecule has 1 fully saturated rings. The van der Waals surface area contributed by atoms with E-state index in [4.69, 9.17) is 4.74 Å². The van der Waals surface area contributed by atoms with E-state index in [0.29, 0.717) is 24.8 Å². The van der Waals surface area contributed by atoms with Crippen LogP contribution in [0.3, 0.4) is 0 Å². The van der Waals surface area contributed by atoms with Gasteiger partial charge in [0.1, 0.15) is 5.82 Å². The summed E-state index contributed by atoms with van der Waals surface area (Å²) in [6.07, 6.45) is 8.01. The van der Waals surface area contributed by atoms with Gasteiger partial charge in [0.2, 0.25) is 0 Å². The Bertz CT molecular complexity index is 362. The molecule has 1 N–H and O–H groups in total. The Labute approximate surface area is 115 Å². The lowest BCUT2D eigenvalue weighted by atomic mass is 10.1. The average molecular weight is 265 g/mol. The van der Waals surface area contributed by atoms with Gasteiger partial charge in [-0.25, -0.2) is 4.39 Å². The molecule has 0 radical (unpaired) electrons. The molecule has 19 heavy (non-hydrogen) atoms. The van der Waals surface area contributed by atoms with Crippen molar-refractivity contribution >= 4 is 0 Å². The highest BCUT2D eigenvalue weighted by Gasteiger charge is 2.10. The summed E-state index contributed by atoms with van der Waals surface area (Å²) in [6, 6.07) is 7.44. The number of hydrogen-bond donors (Lipinski definition) is 1. The summed E-state index contributed by atoms with van der Waals surface area (Å²) in [4.78, 5) is 0. The fourth-order valence-electron chi connectivity index (χ4n) is 2.62. The van der Waals surface area contributed by atoms with Gasteiger partial charge in [0.05, 0.1) is 13.2 Å². The Hall–Kier alpha value is -0.930. The molecule has 0 heterocycles. The van der Waals surface area contributed by atoms with Gasteiger partial charge >= 0.3 is 0 Å². The Morgan fingerprint density at radius 1 is 1.11 bits per heavy atom. The summed E-state index contributed by atoms with van der Waals surface area (Å²) in [5, 5.41) is 3.54. The standard InChI is InChI=1S/C16H24FNO/c17-16-10-6-5-7-14(16)13-19-12-11-18-15-8-3-1-2-4-9-15/h5-7,10,15,18H,1-4,8-9,11-13H2. The summed E-state index contributed by atoms with van der Waals surface area (Å²) in [7, 11) is 0. The van der Waals surface area contributed by atoms with E-state index in [1.165, 1.54) is 44.6 Å². The van der Waals surface area contributed by atoms with Crippen LogP contribution in [0.5, 0.6) is 0 Å². The van der Waals surface area contributed by atoms with Crippen molar-refractivity contribution in [1.29, 1.82) is 0 Å². The Balaban J connectivity index is 1.58. The number of halogens is 1. The smallest absolute Gasteiger partial charge is 0.128 e. The number of rotatable bonds is 6. The van der Waals surface area contributed by atoms with E-state index in [9.17, 15) is 4.39 Å². The highest BCUT2D eigenvalue weighted by molar-refractivity contribution is 5.16. The van der Waals surface area contributed by atoms with Gasteiger partial charge < -0.3 is 10.1 Å². The van der Waals surface area contributed by atoms with Crippen LogP contribution in [0.15, 0.2) is 24.3 Å². The number of nitrogens with one attached hydrogen (secondary N) is 1. The summed E-state index contributed by atoms with van der Waals surface area (Å²) >= 11 is 0. The SMILES string of the molecule is Fc1ccccc1COCCNC1CCCCCC1. The lowest BCUT2D eigenvalue weighted by molar-refractivity contribution is 0.118. The van der Waals surface area contributed by atoms with Crippen LogP contribution in [-0.2, 0) is 11.3 Å². The summed E-state index contributed by atoms with van der Waals surface area (Å²) < 4.78 is 18.9. The van der Waals surface area contributed by atoms with E-state index in [0.717, 1.165) is 6.54 Å². The summed E-state index contributed by atoms with van der Waals surface area (Å²) in [5.41, 5.74) is 0.636. The van der Waals surface area contributed by atoms with Gasteiger partial charge in [0, 0.05) is 18.2 Å². The van der Waals surface area contributed by atoms with Crippen LogP contribution in [0.1, 0.15) is 44.1 Å². The molecule has 3 heteroatoms. The normalized spacial score (nSPS) is 17.3. The fraction of sp³-hybridized carbons (Fsp3) is 0.625. The highest BCUT2D eigenvalue weighted by Crippen LogP contribution is 2.16. The number of benzene rings is 1. The fourth-order valence-corrected chi connectivity index (χ4v) is 2.62. The Morgan fingerprint density at radius 2 is 1.84 bits per heavy atom. The van der Waals surface area contributed by atoms with Crippen molar-refractivity contribution < 1.29 is 9.13 Å². The molecule has 1 aromatic carbocycles. The molecular formula is C16H24FNO. The number of hydrogen-bond acceptors (Lipinski definition) is 2. The lowest BCUT2D eigenvalue weighted by Crippen LogP contribution is -2.31. The molecule has 1 aromatic rings. The van der Waals surface area contributed by atoms with Crippen LogP contribution < -0.4 is 5.32 Å². The minimum Gasteiger partial charge on any atom is -0.375 e. The third-order valence-electron chi connectivity index (χ3n) is 3.75. The number of ether oxygens (including phenoxy) is 1. The highest BCUT2D eigenvalue weighted by atomic mass is 19.1. The molecule has 0 amide bonds. The van der Waals surface area contributed by atoms with Crippen LogP contribution in [0.25, 0.3) is 0 Å². The van der Waals surface area contributed by atoms with E-state index < -0.39 is 0 Å². The summed E-state index contributed by atoms with van der Waals surface area (Å²) in [5.74, 6) is -0.181. The van der Waals surface area contributed by atoms with Gasteiger partial charge in [0.25, 0.3) is 0 Å². The minimum atomic E-state index is -0.181. The minimum absolute atomic E-state index is 0.181. The van der Waals surface area contributed by atoms with Gasteiger partial charge in [0.15, 0.2) is 0 Å². The van der Waals surface area contributed by atoms with Crippen LogP contribution >= 0.6 is 0 Å². The molecule has 0 aromatic heterocycles. The van der Waals surface area contributed by atoms with Crippen LogP contribution in [-0.4, -0.2) is 19.2 Å². The van der Waals surface area contributed by atoms with E-state index in [-0.39, 0.29) is 5.82 Å². The largest absolute Gasteiger partial charge is 0.375 e. The van der Waals surface area contributed by atoms with Crippen molar-refractivity contribution in [3.8, 4) is 0 Å². The van der Waals surface area contributed by atoms with E-state index in [2.05, 4.69) is 5.32 Å². The molecule has 0 bridgehead atoms. The van der Waals surface area contributed by atoms with Gasteiger partial charge in [-0.05, 0) is 18.9 Å². The molecule has 1 aliphatic carbocycles. The maximum absolute atomic E-state index is 13.3. The van der Waals surface area contributed by atoms with Crippen molar-refractivity contribution in [2.75, 3.05) is 13.2 Å². The van der Waals surface area contributed by atoms with Crippen molar-refractivity contribution in [3.63, 3.8) is 0 Å². The van der Waals surface area contributed by atoms with E-state index in [1.807, 2.05) is 6.07 Å². The van der Waals surface area contributed by atoms with Crippen LogP contribution in [0.2, 0.25) is 0 Å². The molecule has 0 aliphatic heterocycles. The predicted molar refractivity (Wildman–Crippen MR) is 75.5 cm³/mol. The zero-order valence-electron chi connectivity index (χ0n) is 11.5. The maximum Gasteiger partial charge on any atom is 0.128 e. The summed E-state index contributed by atoms with van der Waals surface area (Å²) in [6.45, 7) is 1.86. The van der Waals surface area contributed by atoms with Crippen LogP contribution in [0.4, 0.5) is 4.39 Å². The van der Waals surface area contributed by atoms with E-state index >= 15 is 0 Å². The first-order valence-electron chi connectivity index (χ1n) is 7.41. The first kappa shape index (κ1) is 14.5. The van der Waals surface area contributed by atoms with Gasteiger partial charge in [-0.3, -0.25) is 0 Å². The zero-order valence-corrected chi connectivity index (χ0v) is 11.5. The third kappa shape index (κ3) is 5.29. The van der Waals surface area contributed by atoms with Crippen molar-refractivity contribution in [2.45, 2.75) is 51.2 Å². The zero-order chi connectivity index (χ0) is 13.3. The second kappa shape index (κ2) is 8.28. The second-order valence-electron chi connectivity index (χ2n) is 5.29. The van der Waals surface area contributed by atoms with Crippen LogP contribution in [0, 0.1) is 5.82 Å². The predicted octanol–water partition coefficient (Wildman–Crippen LogP) is 3.65. The topological polar surface area (TPSA) is 21.3 Å². The molecule has 2 nitrogen and oxygen atoms in total. The van der Waals surface area contributed by atoms with Gasteiger partial charge in [-0.2, -0.15) is 0 Å². The quantitative estimate of drug-likeness (QED) is 0.626. The lowest BCUT2D eigenvalue weighted by Gasteiger charge is -2.16. The maximum atomic E-state index is 13.3. The molecule has 1 aliphatic rings. The third-order valence-corrected chi connectivity index (χ3v) is 3.75. The van der Waals surface area contributed by atoms with Crippen molar-refractivity contribution in [1.82, 2.24) is 5.32 Å².